The van der Waals surface area contributed by atoms with Crippen molar-refractivity contribution in [2.24, 2.45) is 0 Å². The Morgan fingerprint density at radius 2 is 0.872 bits per heavy atom. The summed E-state index contributed by atoms with van der Waals surface area (Å²) in [6.45, 7) is 28.5. The quantitative estimate of drug-likeness (QED) is 0.162. The van der Waals surface area contributed by atoms with Crippen molar-refractivity contribution in [3.63, 3.8) is 0 Å². The molecule has 0 amide bonds. The number of hydrogen-bond acceptors (Lipinski definition) is 3. The third kappa shape index (κ3) is 6.74. The Bertz CT molecular complexity index is 5710. The second-order valence-electron chi connectivity index (χ2n) is 25.5. The van der Waals surface area contributed by atoms with Crippen molar-refractivity contribution in [2.75, 3.05) is 0 Å². The van der Waals surface area contributed by atoms with Crippen LogP contribution in [0.25, 0.3) is 155 Å². The summed E-state index contributed by atoms with van der Waals surface area (Å²) in [5.41, 5.74) is 15.6. The van der Waals surface area contributed by atoms with Crippen LogP contribution in [0.3, 0.4) is 0 Å². The van der Waals surface area contributed by atoms with Gasteiger partial charge in [0, 0.05) is 74.0 Å². The number of aryl methyl sites for hydroxylation is 2. The van der Waals surface area contributed by atoms with Crippen LogP contribution in [0, 0.1) is 31.8 Å². The molecule has 0 aliphatic heterocycles. The van der Waals surface area contributed by atoms with Crippen molar-refractivity contribution in [3.8, 4) is 28.8 Å². The zero-order valence-corrected chi connectivity index (χ0v) is 50.6. The van der Waals surface area contributed by atoms with Gasteiger partial charge in [-0.1, -0.05) is 169 Å². The molecule has 0 aliphatic rings. The smallest absolute Gasteiger partial charge is 0.237 e. The predicted octanol–water partition coefficient (Wildman–Crippen LogP) is 22.4. The standard InChI is InChI=1S/C78H56N6S2/c1-43-38-54-51-35-36-52-50-26-14-20-32-65(50)85-75(52)71(51)84(64(54)39-44(43)2)69-57(42-79)70(81-59-28-16-10-22-46(59)47-23-11-17-29-60(47)81)74(73(68(69)80-9)82-61-30-18-12-24-48(61)49-25-13-19-31-62(49)82)83-63-37-34-45(77(3,4)5)40-55(63)56-41-58(78(6,7)8)67-53-27-15-21-33-66(53)86-76(67)72(56)83/h10-41H,1-8H3. The summed E-state index contributed by atoms with van der Waals surface area (Å²) in [6, 6.07) is 73.9. The van der Waals surface area contributed by atoms with Crippen LogP contribution in [0.4, 0.5) is 5.69 Å². The Morgan fingerprint density at radius 3 is 1.45 bits per heavy atom. The van der Waals surface area contributed by atoms with E-state index < -0.39 is 0 Å². The zero-order chi connectivity index (χ0) is 58.4. The average molecular weight is 1140 g/mol. The molecule has 11 aromatic carbocycles. The van der Waals surface area contributed by atoms with Crippen LogP contribution in [0.2, 0.25) is 0 Å². The number of aromatic nitrogens is 4. The molecule has 0 bridgehead atoms. The van der Waals surface area contributed by atoms with E-state index in [4.69, 9.17) is 4.85 Å². The fourth-order valence-corrected chi connectivity index (χ4v) is 17.0. The Kier molecular flexibility index (Phi) is 10.5. The summed E-state index contributed by atoms with van der Waals surface area (Å²) in [5, 5.41) is 26.5. The highest BCUT2D eigenvalue weighted by Gasteiger charge is 2.37. The molecular weight excluding hydrogens is 1090 g/mol. The highest BCUT2D eigenvalue weighted by molar-refractivity contribution is 7.27. The molecule has 8 heteroatoms. The third-order valence-electron chi connectivity index (χ3n) is 18.6. The number of benzene rings is 11. The number of nitrogens with zero attached hydrogens (tertiary/aromatic N) is 6. The number of hydrogen-bond donors (Lipinski definition) is 0. The van der Waals surface area contributed by atoms with Crippen LogP contribution in [-0.2, 0) is 10.8 Å². The minimum Gasteiger partial charge on any atom is -0.317 e. The SMILES string of the molecule is [C-]#[N+]c1c(-n2c3ccccc3c3ccccc32)c(-n2c3ccc(C(C)(C)C)cc3c3cc(C(C)(C)C)c4c5ccccc5sc4c32)c(-n2c3ccccc3c3ccccc32)c(C#N)c1-n1c2cc(C)c(C)cc2c2ccc3c4ccccc4sc3c21. The van der Waals surface area contributed by atoms with E-state index in [0.29, 0.717) is 28.3 Å². The summed E-state index contributed by atoms with van der Waals surface area (Å²) in [4.78, 5) is 4.99. The minimum absolute atomic E-state index is 0.175. The maximum Gasteiger partial charge on any atom is 0.237 e. The van der Waals surface area contributed by atoms with Gasteiger partial charge in [-0.15, -0.1) is 22.7 Å². The number of fused-ring (bicyclic) bond motifs is 20. The first-order chi connectivity index (χ1) is 41.7. The molecule has 0 saturated carbocycles. The third-order valence-corrected chi connectivity index (χ3v) is 21.0. The van der Waals surface area contributed by atoms with E-state index in [9.17, 15) is 11.8 Å². The van der Waals surface area contributed by atoms with Gasteiger partial charge in [-0.25, -0.2) is 4.85 Å². The number of rotatable bonds is 4. The van der Waals surface area contributed by atoms with Gasteiger partial charge in [0.15, 0.2) is 0 Å². The van der Waals surface area contributed by atoms with Crippen LogP contribution in [0.1, 0.15) is 69.4 Å². The van der Waals surface area contributed by atoms with Gasteiger partial charge in [-0.05, 0) is 114 Å². The summed E-state index contributed by atoms with van der Waals surface area (Å²) >= 11 is 3.62. The molecule has 0 aliphatic carbocycles. The Balaban J connectivity index is 1.23. The van der Waals surface area contributed by atoms with E-state index in [1.54, 1.807) is 11.3 Å². The molecule has 17 rings (SSSR count). The fraction of sp³-hybridized carbons (Fsp3) is 0.128. The van der Waals surface area contributed by atoms with Gasteiger partial charge in [-0.2, -0.15) is 5.26 Å². The van der Waals surface area contributed by atoms with E-state index in [2.05, 4.69) is 274 Å². The van der Waals surface area contributed by atoms with Crippen LogP contribution < -0.4 is 0 Å². The topological polar surface area (TPSA) is 47.9 Å². The van der Waals surface area contributed by atoms with Crippen molar-refractivity contribution in [2.45, 2.75) is 66.2 Å². The van der Waals surface area contributed by atoms with Gasteiger partial charge in [-0.3, -0.25) is 0 Å². The lowest BCUT2D eigenvalue weighted by Crippen LogP contribution is -2.15. The maximum absolute atomic E-state index is 13.1. The molecule has 6 nitrogen and oxygen atoms in total. The zero-order valence-electron chi connectivity index (χ0n) is 49.0. The van der Waals surface area contributed by atoms with Gasteiger partial charge in [0.2, 0.25) is 5.69 Å². The second kappa shape index (κ2) is 17.8. The second-order valence-corrected chi connectivity index (χ2v) is 27.6. The van der Waals surface area contributed by atoms with Gasteiger partial charge in [0.05, 0.1) is 88.4 Å². The lowest BCUT2D eigenvalue weighted by Gasteiger charge is -2.28. The summed E-state index contributed by atoms with van der Waals surface area (Å²) in [5.74, 6) is 0. The van der Waals surface area contributed by atoms with Gasteiger partial charge >= 0.3 is 0 Å². The molecule has 410 valence electrons. The molecule has 6 heterocycles. The number of para-hydroxylation sites is 4. The molecule has 86 heavy (non-hydrogen) atoms. The lowest BCUT2D eigenvalue weighted by atomic mass is 9.82. The van der Waals surface area contributed by atoms with Crippen LogP contribution in [-0.4, -0.2) is 18.3 Å². The Labute approximate surface area is 504 Å². The van der Waals surface area contributed by atoms with E-state index in [0.717, 1.165) is 113 Å². The molecule has 17 aromatic rings. The predicted molar refractivity (Wildman–Crippen MR) is 367 cm³/mol. The van der Waals surface area contributed by atoms with Crippen molar-refractivity contribution >= 4 is 156 Å². The molecule has 0 radical (unpaired) electrons. The number of thiophene rings is 2. The van der Waals surface area contributed by atoms with E-state index >= 15 is 0 Å². The van der Waals surface area contributed by atoms with Gasteiger partial charge in [0.1, 0.15) is 6.07 Å². The lowest BCUT2D eigenvalue weighted by molar-refractivity contribution is 0.591. The molecule has 0 spiro atoms. The van der Waals surface area contributed by atoms with Crippen molar-refractivity contribution in [1.82, 2.24) is 18.3 Å². The first-order valence-electron chi connectivity index (χ1n) is 29.5. The molecular formula is C78H56N6S2. The molecule has 6 aromatic heterocycles. The molecule has 0 fully saturated rings. The number of nitriles is 1. The first kappa shape index (κ1) is 50.5. The summed E-state index contributed by atoms with van der Waals surface area (Å²) in [6.07, 6.45) is 0. The van der Waals surface area contributed by atoms with Crippen LogP contribution in [0.15, 0.2) is 194 Å². The summed E-state index contributed by atoms with van der Waals surface area (Å²) in [7, 11) is 0. The highest BCUT2D eigenvalue weighted by atomic mass is 32.1. The minimum atomic E-state index is -0.236. The maximum atomic E-state index is 13.1. The highest BCUT2D eigenvalue weighted by Crippen LogP contribution is 2.55. The van der Waals surface area contributed by atoms with Crippen molar-refractivity contribution in [3.05, 3.63) is 233 Å². The van der Waals surface area contributed by atoms with Gasteiger partial charge in [0.25, 0.3) is 0 Å². The van der Waals surface area contributed by atoms with Crippen molar-refractivity contribution in [1.29, 1.82) is 5.26 Å². The summed E-state index contributed by atoms with van der Waals surface area (Å²) < 4.78 is 14.2. The fourth-order valence-electron chi connectivity index (χ4n) is 14.5. The van der Waals surface area contributed by atoms with E-state index in [1.165, 1.54) is 42.2 Å². The molecule has 0 atom stereocenters. The van der Waals surface area contributed by atoms with Gasteiger partial charge < -0.3 is 18.3 Å². The van der Waals surface area contributed by atoms with E-state index in [1.807, 2.05) is 11.3 Å². The van der Waals surface area contributed by atoms with Crippen LogP contribution >= 0.6 is 22.7 Å². The van der Waals surface area contributed by atoms with Crippen LogP contribution in [0.5, 0.6) is 0 Å². The molecule has 0 saturated heterocycles. The largest absolute Gasteiger partial charge is 0.317 e. The van der Waals surface area contributed by atoms with E-state index in [-0.39, 0.29) is 10.8 Å². The monoisotopic (exact) mass is 1140 g/mol. The van der Waals surface area contributed by atoms with Crippen molar-refractivity contribution < 1.29 is 0 Å². The molecule has 0 unspecified atom stereocenters. The average Bonchev–Trinajstić information content (AvgIpc) is 1.59. The first-order valence-corrected chi connectivity index (χ1v) is 31.1. The Hall–Kier alpha value is -9.96. The molecule has 0 N–H and O–H groups in total. The Morgan fingerprint density at radius 1 is 0.395 bits per heavy atom. The normalized spacial score (nSPS) is 12.6.